The first-order valence-electron chi connectivity index (χ1n) is 14.4. The van der Waals surface area contributed by atoms with Crippen LogP contribution >= 0.6 is 11.3 Å². The predicted molar refractivity (Wildman–Crippen MR) is 158 cm³/mol. The molecular formula is C32H36N4O4S. The third-order valence-corrected chi connectivity index (χ3v) is 10.4. The van der Waals surface area contributed by atoms with Crippen LogP contribution in [-0.4, -0.2) is 57.2 Å². The minimum Gasteiger partial charge on any atom is -0.496 e. The summed E-state index contributed by atoms with van der Waals surface area (Å²) in [6.45, 7) is 6.44. The molecule has 9 heteroatoms. The number of nitrogens with one attached hydrogen (secondary N) is 1. The Balaban J connectivity index is 1.51. The smallest absolute Gasteiger partial charge is 0.271 e. The Bertz CT molecular complexity index is 1560. The minimum absolute atomic E-state index is 0.0215. The maximum Gasteiger partial charge on any atom is 0.271 e. The molecule has 41 heavy (non-hydrogen) atoms. The molecule has 1 saturated heterocycles. The molecule has 6 rings (SSSR count). The molecule has 3 atom stereocenters. The highest BCUT2D eigenvalue weighted by atomic mass is 32.1. The number of benzene rings is 1. The first-order chi connectivity index (χ1) is 19.6. The van der Waals surface area contributed by atoms with Crippen LogP contribution in [0, 0.1) is 11.3 Å². The van der Waals surface area contributed by atoms with E-state index in [9.17, 15) is 20.0 Å². The van der Waals surface area contributed by atoms with Gasteiger partial charge in [-0.25, -0.2) is 0 Å². The van der Waals surface area contributed by atoms with Crippen molar-refractivity contribution in [1.29, 1.82) is 5.26 Å². The molecule has 0 radical (unpaired) electrons. The van der Waals surface area contributed by atoms with Gasteiger partial charge in [0.15, 0.2) is 0 Å². The molecule has 214 valence electrons. The highest BCUT2D eigenvalue weighted by Crippen LogP contribution is 2.47. The average Bonchev–Trinajstić information content (AvgIpc) is 3.69. The van der Waals surface area contributed by atoms with Crippen molar-refractivity contribution in [3.05, 3.63) is 52.5 Å². The van der Waals surface area contributed by atoms with Crippen LogP contribution in [-0.2, 0) is 6.42 Å². The van der Waals surface area contributed by atoms with E-state index in [1.807, 2.05) is 47.5 Å². The lowest BCUT2D eigenvalue weighted by atomic mass is 9.78. The highest BCUT2D eigenvalue weighted by Gasteiger charge is 2.45. The van der Waals surface area contributed by atoms with Gasteiger partial charge in [-0.3, -0.25) is 9.59 Å². The standard InChI is InChI=1S/C32H36N4O4S/c1-19-14-21-15-26(40-4)23(29(38)34-32(18-33)10-6-11-32)16-22(21)28-24(27-8-5-13-41-27)17-25(36(19)28)30(39)35-12-7-9-31(35,3)20(2)37/h5,8,13,15-17,19-20,37H,6-7,9-12,14H2,1-4H3,(H,34,38)/t19-,20+,31+/m0/s1. The van der Waals surface area contributed by atoms with E-state index in [0.717, 1.165) is 46.5 Å². The molecule has 4 heterocycles. The molecule has 2 N–H and O–H groups in total. The number of methoxy groups -OCH3 is 1. The number of hydrogen-bond donors (Lipinski definition) is 2. The molecule has 2 amide bonds. The van der Waals surface area contributed by atoms with Crippen molar-refractivity contribution < 1.29 is 19.4 Å². The number of nitrogens with zero attached hydrogens (tertiary/aromatic N) is 3. The number of thiophene rings is 1. The third kappa shape index (κ3) is 4.27. The van der Waals surface area contributed by atoms with Crippen LogP contribution in [0.1, 0.15) is 85.3 Å². The zero-order valence-corrected chi connectivity index (χ0v) is 24.8. The van der Waals surface area contributed by atoms with Crippen molar-refractivity contribution in [2.75, 3.05) is 13.7 Å². The number of fused-ring (bicyclic) bond motifs is 3. The van der Waals surface area contributed by atoms with Gasteiger partial charge < -0.3 is 24.6 Å². The number of carbonyl (C=O) groups is 2. The van der Waals surface area contributed by atoms with Crippen molar-refractivity contribution in [3.63, 3.8) is 0 Å². The van der Waals surface area contributed by atoms with E-state index >= 15 is 0 Å². The summed E-state index contributed by atoms with van der Waals surface area (Å²) in [5.74, 6) is 0.0543. The van der Waals surface area contributed by atoms with Gasteiger partial charge in [-0.1, -0.05) is 6.07 Å². The molecule has 2 aliphatic heterocycles. The van der Waals surface area contributed by atoms with Crippen LogP contribution in [0.3, 0.4) is 0 Å². The van der Waals surface area contributed by atoms with E-state index in [1.165, 1.54) is 0 Å². The topological polar surface area (TPSA) is 108 Å². The van der Waals surface area contributed by atoms with Gasteiger partial charge in [0.25, 0.3) is 11.8 Å². The summed E-state index contributed by atoms with van der Waals surface area (Å²) in [5, 5.41) is 25.3. The van der Waals surface area contributed by atoms with E-state index in [-0.39, 0.29) is 17.9 Å². The number of hydrogen-bond acceptors (Lipinski definition) is 6. The Morgan fingerprint density at radius 3 is 2.61 bits per heavy atom. The summed E-state index contributed by atoms with van der Waals surface area (Å²) in [5.41, 5.74) is 3.28. The Hall–Kier alpha value is -3.61. The predicted octanol–water partition coefficient (Wildman–Crippen LogP) is 5.56. The second kappa shape index (κ2) is 10.0. The van der Waals surface area contributed by atoms with E-state index < -0.39 is 17.2 Å². The molecule has 8 nitrogen and oxygen atoms in total. The number of carbonyl (C=O) groups excluding carboxylic acids is 2. The Morgan fingerprint density at radius 1 is 1.22 bits per heavy atom. The van der Waals surface area contributed by atoms with Crippen molar-refractivity contribution in [3.8, 4) is 33.5 Å². The fourth-order valence-corrected chi connectivity index (χ4v) is 7.52. The summed E-state index contributed by atoms with van der Waals surface area (Å²) in [6, 6.07) is 12.1. The Labute approximate surface area is 244 Å². The Morgan fingerprint density at radius 2 is 2.00 bits per heavy atom. The van der Waals surface area contributed by atoms with Gasteiger partial charge >= 0.3 is 0 Å². The van der Waals surface area contributed by atoms with Crippen molar-refractivity contribution >= 4 is 23.2 Å². The summed E-state index contributed by atoms with van der Waals surface area (Å²) < 4.78 is 7.80. The number of aliphatic hydroxyl groups is 1. The van der Waals surface area contributed by atoms with Gasteiger partial charge in [-0.15, -0.1) is 11.3 Å². The lowest BCUT2D eigenvalue weighted by Crippen LogP contribution is -2.52. The maximum absolute atomic E-state index is 14.3. The molecule has 1 saturated carbocycles. The van der Waals surface area contributed by atoms with E-state index in [4.69, 9.17) is 4.74 Å². The van der Waals surface area contributed by atoms with Crippen LogP contribution in [0.25, 0.3) is 21.7 Å². The zero-order valence-electron chi connectivity index (χ0n) is 24.0. The van der Waals surface area contributed by atoms with E-state index in [2.05, 4.69) is 22.9 Å². The highest BCUT2D eigenvalue weighted by molar-refractivity contribution is 7.13. The Kier molecular flexibility index (Phi) is 6.74. The van der Waals surface area contributed by atoms with Gasteiger partial charge in [0.1, 0.15) is 17.0 Å². The maximum atomic E-state index is 14.3. The van der Waals surface area contributed by atoms with E-state index in [1.54, 1.807) is 25.4 Å². The fourth-order valence-electron chi connectivity index (χ4n) is 6.78. The second-order valence-electron chi connectivity index (χ2n) is 12.0. The molecule has 1 aromatic carbocycles. The number of aliphatic hydroxyl groups excluding tert-OH is 1. The summed E-state index contributed by atoms with van der Waals surface area (Å²) >= 11 is 1.61. The van der Waals surface area contributed by atoms with Gasteiger partial charge in [-0.2, -0.15) is 5.26 Å². The van der Waals surface area contributed by atoms with Crippen LogP contribution in [0.2, 0.25) is 0 Å². The van der Waals surface area contributed by atoms with Crippen molar-refractivity contribution in [1.82, 2.24) is 14.8 Å². The normalized spacial score (nSPS) is 23.1. The monoisotopic (exact) mass is 572 g/mol. The molecule has 2 aromatic heterocycles. The van der Waals surface area contributed by atoms with Crippen LogP contribution in [0.4, 0.5) is 0 Å². The van der Waals surface area contributed by atoms with Crippen molar-refractivity contribution in [2.45, 2.75) is 82.5 Å². The number of aromatic nitrogens is 1. The fraction of sp³-hybridized carbons (Fsp3) is 0.469. The van der Waals surface area contributed by atoms with Crippen molar-refractivity contribution in [2.24, 2.45) is 0 Å². The molecule has 0 bridgehead atoms. The van der Waals surface area contributed by atoms with Crippen LogP contribution in [0.15, 0.2) is 35.7 Å². The number of likely N-dealkylation sites (tertiary alicyclic amines) is 1. The lowest BCUT2D eigenvalue weighted by Gasteiger charge is -2.38. The van der Waals surface area contributed by atoms with E-state index in [0.29, 0.717) is 42.8 Å². The SMILES string of the molecule is COc1cc2c(cc1C(=O)NC1(C#N)CCC1)-c1c(-c3cccs3)cc(C(=O)N3CCC[C@]3(C)[C@@H](C)O)n1[C@@H](C)C2. The molecule has 3 aromatic rings. The molecular weight excluding hydrogens is 536 g/mol. The summed E-state index contributed by atoms with van der Waals surface area (Å²) in [6.07, 6.45) is 3.79. The van der Waals surface area contributed by atoms with Gasteiger partial charge in [-0.05, 0) is 94.5 Å². The molecule has 3 aliphatic rings. The summed E-state index contributed by atoms with van der Waals surface area (Å²) in [7, 11) is 1.56. The molecule has 1 aliphatic carbocycles. The molecule has 0 unspecified atom stereocenters. The first kappa shape index (κ1) is 27.6. The zero-order chi connectivity index (χ0) is 29.1. The van der Waals surface area contributed by atoms with Gasteiger partial charge in [0, 0.05) is 28.6 Å². The number of amides is 2. The number of nitriles is 1. The molecule has 0 spiro atoms. The lowest BCUT2D eigenvalue weighted by molar-refractivity contribution is 0.0144. The summed E-state index contributed by atoms with van der Waals surface area (Å²) in [4.78, 5) is 30.7. The third-order valence-electron chi connectivity index (χ3n) is 9.52. The van der Waals surface area contributed by atoms with Crippen LogP contribution in [0.5, 0.6) is 5.75 Å². The molecule has 2 fully saturated rings. The van der Waals surface area contributed by atoms with Crippen LogP contribution < -0.4 is 10.1 Å². The van der Waals surface area contributed by atoms with Gasteiger partial charge in [0.05, 0.1) is 36.1 Å². The quantitative estimate of drug-likeness (QED) is 0.402. The first-order valence-corrected chi connectivity index (χ1v) is 15.2. The minimum atomic E-state index is -0.833. The number of ether oxygens (including phenoxy) is 1. The average molecular weight is 573 g/mol. The largest absolute Gasteiger partial charge is 0.496 e. The number of rotatable bonds is 6. The second-order valence-corrected chi connectivity index (χ2v) is 12.9. The van der Waals surface area contributed by atoms with Gasteiger partial charge in [0.2, 0.25) is 0 Å².